The number of hydrogen-bond acceptors (Lipinski definition) is 3. The molecule has 1 N–H and O–H groups in total. The molecule has 2 aromatic carbocycles. The quantitative estimate of drug-likeness (QED) is 0.586. The lowest BCUT2D eigenvalue weighted by Gasteiger charge is -2.08. The van der Waals surface area contributed by atoms with Crippen LogP contribution in [0.5, 0.6) is 0 Å². The fraction of sp³-hybridized carbons (Fsp3) is 0.0714. The van der Waals surface area contributed by atoms with Crippen LogP contribution in [0.1, 0.15) is 15.9 Å². The van der Waals surface area contributed by atoms with Crippen molar-refractivity contribution in [2.24, 2.45) is 0 Å². The Morgan fingerprint density at radius 1 is 1.14 bits per heavy atom. The number of carbonyl (C=O) groups is 1. The van der Waals surface area contributed by atoms with Crippen molar-refractivity contribution in [3.05, 3.63) is 66.6 Å². The van der Waals surface area contributed by atoms with Crippen molar-refractivity contribution in [1.82, 2.24) is 0 Å². The molecule has 5 nitrogen and oxygen atoms in total. The molecule has 0 spiro atoms. The van der Waals surface area contributed by atoms with Crippen LogP contribution in [0.25, 0.3) is 0 Å². The first-order valence-electron chi connectivity index (χ1n) is 5.90. The molecule has 21 heavy (non-hydrogen) atoms. The van der Waals surface area contributed by atoms with Gasteiger partial charge in [0.05, 0.1) is 10.5 Å². The zero-order chi connectivity index (χ0) is 15.6. The number of amides is 1. The van der Waals surface area contributed by atoms with Gasteiger partial charge in [-0.15, -0.1) is 0 Å². The van der Waals surface area contributed by atoms with Crippen molar-refractivity contribution < 1.29 is 9.72 Å². The summed E-state index contributed by atoms with van der Waals surface area (Å²) < 4.78 is 1.44. The van der Waals surface area contributed by atoms with E-state index in [1.54, 1.807) is 6.07 Å². The number of rotatable bonds is 3. The van der Waals surface area contributed by atoms with Gasteiger partial charge in [-0.2, -0.15) is 0 Å². The number of nitro benzene ring substituents is 1. The Kier molecular flexibility index (Phi) is 4.74. The molecule has 0 aliphatic heterocycles. The van der Waals surface area contributed by atoms with Crippen molar-refractivity contribution >= 4 is 49.1 Å². The molecule has 108 valence electrons. The minimum Gasteiger partial charge on any atom is -0.322 e. The molecule has 0 radical (unpaired) electrons. The highest BCUT2D eigenvalue weighted by Gasteiger charge is 2.15. The minimum absolute atomic E-state index is 0.129. The summed E-state index contributed by atoms with van der Waals surface area (Å²) in [6.07, 6.45) is 0. The minimum atomic E-state index is -0.535. The number of hydrogen-bond donors (Lipinski definition) is 1. The molecule has 0 saturated heterocycles. The maximum atomic E-state index is 12.2. The number of anilines is 1. The van der Waals surface area contributed by atoms with Crippen molar-refractivity contribution in [1.29, 1.82) is 0 Å². The Balaban J connectivity index is 2.29. The predicted octanol–water partition coefficient (Wildman–Crippen LogP) is 4.68. The van der Waals surface area contributed by atoms with Gasteiger partial charge in [0.25, 0.3) is 11.6 Å². The summed E-state index contributed by atoms with van der Waals surface area (Å²) >= 11 is 6.61. The van der Waals surface area contributed by atoms with Crippen LogP contribution in [-0.4, -0.2) is 10.8 Å². The van der Waals surface area contributed by atoms with E-state index in [2.05, 4.69) is 37.2 Å². The highest BCUT2D eigenvalue weighted by Crippen LogP contribution is 2.25. The zero-order valence-corrected chi connectivity index (χ0v) is 14.1. The Hall–Kier alpha value is -1.73. The Morgan fingerprint density at radius 2 is 1.81 bits per heavy atom. The van der Waals surface area contributed by atoms with Crippen LogP contribution >= 0.6 is 31.9 Å². The summed E-state index contributed by atoms with van der Waals surface area (Å²) in [6.45, 7) is 1.91. The molecule has 0 fully saturated rings. The van der Waals surface area contributed by atoms with Crippen LogP contribution in [0.4, 0.5) is 11.4 Å². The van der Waals surface area contributed by atoms with E-state index in [0.29, 0.717) is 10.2 Å². The number of nitrogens with zero attached hydrogens (tertiary/aromatic N) is 1. The second-order valence-electron chi connectivity index (χ2n) is 4.34. The van der Waals surface area contributed by atoms with Crippen LogP contribution in [0.15, 0.2) is 45.3 Å². The lowest BCUT2D eigenvalue weighted by molar-refractivity contribution is -0.384. The average Bonchev–Trinajstić information content (AvgIpc) is 2.43. The first-order chi connectivity index (χ1) is 9.88. The molecule has 1 amide bonds. The first kappa shape index (κ1) is 15.7. The van der Waals surface area contributed by atoms with Gasteiger partial charge in [0.15, 0.2) is 0 Å². The van der Waals surface area contributed by atoms with E-state index >= 15 is 0 Å². The monoisotopic (exact) mass is 412 g/mol. The van der Waals surface area contributed by atoms with Gasteiger partial charge in [-0.25, -0.2) is 0 Å². The van der Waals surface area contributed by atoms with Crippen molar-refractivity contribution in [2.45, 2.75) is 6.92 Å². The van der Waals surface area contributed by atoms with Gasteiger partial charge < -0.3 is 5.32 Å². The van der Waals surface area contributed by atoms with Gasteiger partial charge >= 0.3 is 0 Å². The number of non-ortho nitro benzene ring substituents is 1. The molecule has 7 heteroatoms. The second kappa shape index (κ2) is 6.36. The summed E-state index contributed by atoms with van der Waals surface area (Å²) in [5, 5.41) is 13.5. The molecule has 0 aliphatic rings. The molecule has 0 unspecified atom stereocenters. The largest absolute Gasteiger partial charge is 0.322 e. The number of aryl methyl sites for hydroxylation is 1. The third-order valence-electron chi connectivity index (χ3n) is 2.82. The van der Waals surface area contributed by atoms with E-state index in [4.69, 9.17) is 0 Å². The highest BCUT2D eigenvalue weighted by atomic mass is 79.9. The van der Waals surface area contributed by atoms with Gasteiger partial charge in [0.2, 0.25) is 0 Å². The molecular weight excluding hydrogens is 404 g/mol. The van der Waals surface area contributed by atoms with Gasteiger partial charge in [-0.3, -0.25) is 14.9 Å². The van der Waals surface area contributed by atoms with Crippen molar-refractivity contribution in [3.63, 3.8) is 0 Å². The Morgan fingerprint density at radius 3 is 2.43 bits per heavy atom. The van der Waals surface area contributed by atoms with Crippen molar-refractivity contribution in [2.75, 3.05) is 5.32 Å². The summed E-state index contributed by atoms with van der Waals surface area (Å²) in [5.74, 6) is -0.410. The topological polar surface area (TPSA) is 72.2 Å². The first-order valence-corrected chi connectivity index (χ1v) is 7.48. The molecule has 0 saturated carbocycles. The summed E-state index contributed by atoms with van der Waals surface area (Å²) in [7, 11) is 0. The fourth-order valence-electron chi connectivity index (χ4n) is 1.72. The fourth-order valence-corrected chi connectivity index (χ4v) is 2.40. The number of nitrogens with one attached hydrogen (secondary N) is 1. The number of carbonyl (C=O) groups excluding carboxylic acids is 1. The van der Waals surface area contributed by atoms with Crippen LogP contribution in [0, 0.1) is 17.0 Å². The summed E-state index contributed by atoms with van der Waals surface area (Å²) in [4.78, 5) is 22.5. The van der Waals surface area contributed by atoms with E-state index in [1.165, 1.54) is 18.2 Å². The van der Waals surface area contributed by atoms with Crippen LogP contribution in [0.3, 0.4) is 0 Å². The number of nitro groups is 1. The van der Waals surface area contributed by atoms with Crippen LogP contribution < -0.4 is 5.32 Å². The maximum absolute atomic E-state index is 12.2. The molecule has 0 heterocycles. The highest BCUT2D eigenvalue weighted by molar-refractivity contribution is 9.10. The number of halogens is 2. The van der Waals surface area contributed by atoms with Gasteiger partial charge in [-0.05, 0) is 52.7 Å². The van der Waals surface area contributed by atoms with E-state index in [9.17, 15) is 14.9 Å². The van der Waals surface area contributed by atoms with Crippen LogP contribution in [0.2, 0.25) is 0 Å². The van der Waals surface area contributed by atoms with E-state index in [-0.39, 0.29) is 11.3 Å². The average molecular weight is 414 g/mol. The molecular formula is C14H10Br2N2O3. The van der Waals surface area contributed by atoms with Crippen molar-refractivity contribution in [3.8, 4) is 0 Å². The van der Waals surface area contributed by atoms with Crippen LogP contribution in [-0.2, 0) is 0 Å². The number of benzene rings is 2. The normalized spacial score (nSPS) is 10.2. The van der Waals surface area contributed by atoms with Gasteiger partial charge in [0, 0.05) is 26.8 Å². The SMILES string of the molecule is Cc1cc(NC(=O)c2cc([N+](=O)[O-])ccc2Br)ccc1Br. The second-order valence-corrected chi connectivity index (χ2v) is 6.05. The predicted molar refractivity (Wildman–Crippen MR) is 87.6 cm³/mol. The third kappa shape index (κ3) is 3.68. The molecule has 2 aromatic rings. The molecule has 0 bridgehead atoms. The Bertz CT molecular complexity index is 732. The maximum Gasteiger partial charge on any atom is 0.270 e. The summed E-state index contributed by atoms with van der Waals surface area (Å²) in [5.41, 5.74) is 1.69. The van der Waals surface area contributed by atoms with E-state index in [0.717, 1.165) is 10.0 Å². The standard InChI is InChI=1S/C14H10Br2N2O3/c1-8-6-9(2-4-12(8)15)17-14(19)11-7-10(18(20)21)3-5-13(11)16/h2-7H,1H3,(H,17,19). The van der Waals surface area contributed by atoms with Gasteiger partial charge in [0.1, 0.15) is 0 Å². The zero-order valence-electron chi connectivity index (χ0n) is 10.9. The third-order valence-corrected chi connectivity index (χ3v) is 4.40. The van der Waals surface area contributed by atoms with E-state index in [1.807, 2.05) is 19.1 Å². The molecule has 2 rings (SSSR count). The molecule has 0 aliphatic carbocycles. The smallest absolute Gasteiger partial charge is 0.270 e. The lowest BCUT2D eigenvalue weighted by Crippen LogP contribution is -2.13. The Labute approximate surface area is 137 Å². The molecule has 0 aromatic heterocycles. The lowest BCUT2D eigenvalue weighted by atomic mass is 10.1. The van der Waals surface area contributed by atoms with E-state index < -0.39 is 10.8 Å². The molecule has 0 atom stereocenters. The summed E-state index contributed by atoms with van der Waals surface area (Å²) in [6, 6.07) is 9.45. The van der Waals surface area contributed by atoms with Gasteiger partial charge in [-0.1, -0.05) is 15.9 Å².